The van der Waals surface area contributed by atoms with Crippen molar-refractivity contribution in [2.45, 2.75) is 0 Å². The standard InChI is InChI=1S/C10H7ClN2O2/c1-15-10(14)7-4-6-2-3-8(11)13-9(6)12-5-7/h2-5H,1H3. The van der Waals surface area contributed by atoms with E-state index in [9.17, 15) is 4.79 Å². The lowest BCUT2D eigenvalue weighted by Crippen LogP contribution is -2.01. The number of aromatic nitrogens is 2. The van der Waals surface area contributed by atoms with Gasteiger partial charge < -0.3 is 4.74 Å². The van der Waals surface area contributed by atoms with Crippen LogP contribution in [0, 0.1) is 0 Å². The van der Waals surface area contributed by atoms with E-state index in [1.54, 1.807) is 18.2 Å². The summed E-state index contributed by atoms with van der Waals surface area (Å²) in [7, 11) is 1.33. The van der Waals surface area contributed by atoms with Gasteiger partial charge in [0.05, 0.1) is 12.7 Å². The van der Waals surface area contributed by atoms with Crippen LogP contribution in [-0.2, 0) is 4.74 Å². The number of methoxy groups -OCH3 is 1. The van der Waals surface area contributed by atoms with Crippen LogP contribution < -0.4 is 0 Å². The summed E-state index contributed by atoms with van der Waals surface area (Å²) in [6, 6.07) is 5.06. The first-order valence-corrected chi connectivity index (χ1v) is 4.59. The van der Waals surface area contributed by atoms with Gasteiger partial charge in [-0.1, -0.05) is 11.6 Å². The molecule has 2 rings (SSSR count). The van der Waals surface area contributed by atoms with Gasteiger partial charge in [-0.15, -0.1) is 0 Å². The topological polar surface area (TPSA) is 52.1 Å². The summed E-state index contributed by atoms with van der Waals surface area (Å²) in [6.07, 6.45) is 1.41. The maximum absolute atomic E-state index is 11.2. The van der Waals surface area contributed by atoms with E-state index < -0.39 is 5.97 Å². The smallest absolute Gasteiger partial charge is 0.339 e. The summed E-state index contributed by atoms with van der Waals surface area (Å²) in [4.78, 5) is 19.2. The van der Waals surface area contributed by atoms with E-state index in [4.69, 9.17) is 11.6 Å². The highest BCUT2D eigenvalue weighted by Gasteiger charge is 2.07. The Bertz CT molecular complexity index is 528. The highest BCUT2D eigenvalue weighted by molar-refractivity contribution is 6.29. The third kappa shape index (κ3) is 1.89. The minimum Gasteiger partial charge on any atom is -0.465 e. The number of rotatable bonds is 1. The van der Waals surface area contributed by atoms with Crippen molar-refractivity contribution in [1.82, 2.24) is 9.97 Å². The molecule has 0 unspecified atom stereocenters. The normalized spacial score (nSPS) is 10.3. The Hall–Kier alpha value is -1.68. The van der Waals surface area contributed by atoms with Crippen LogP contribution >= 0.6 is 11.6 Å². The van der Waals surface area contributed by atoms with Crippen molar-refractivity contribution in [2.24, 2.45) is 0 Å². The number of pyridine rings is 2. The average molecular weight is 223 g/mol. The molecule has 0 aliphatic rings. The summed E-state index contributed by atoms with van der Waals surface area (Å²) < 4.78 is 4.58. The lowest BCUT2D eigenvalue weighted by atomic mass is 10.2. The molecule has 0 atom stereocenters. The largest absolute Gasteiger partial charge is 0.465 e. The Morgan fingerprint density at radius 1 is 1.47 bits per heavy atom. The van der Waals surface area contributed by atoms with Gasteiger partial charge in [0, 0.05) is 11.6 Å². The van der Waals surface area contributed by atoms with Gasteiger partial charge in [0.2, 0.25) is 0 Å². The first kappa shape index (κ1) is 9.86. The van der Waals surface area contributed by atoms with Crippen molar-refractivity contribution in [3.63, 3.8) is 0 Å². The number of carbonyl (C=O) groups is 1. The number of ether oxygens (including phenoxy) is 1. The number of halogens is 1. The molecule has 76 valence electrons. The van der Waals surface area contributed by atoms with Crippen molar-refractivity contribution in [1.29, 1.82) is 0 Å². The van der Waals surface area contributed by atoms with Crippen molar-refractivity contribution >= 4 is 28.6 Å². The maximum Gasteiger partial charge on any atom is 0.339 e. The Kier molecular flexibility index (Phi) is 2.51. The predicted molar refractivity (Wildman–Crippen MR) is 55.9 cm³/mol. The number of hydrogen-bond acceptors (Lipinski definition) is 4. The molecular formula is C10H7ClN2O2. The predicted octanol–water partition coefficient (Wildman–Crippen LogP) is 2.07. The molecule has 0 saturated carbocycles. The molecule has 2 heterocycles. The number of hydrogen-bond donors (Lipinski definition) is 0. The monoisotopic (exact) mass is 222 g/mol. The van der Waals surface area contributed by atoms with Crippen molar-refractivity contribution in [3.8, 4) is 0 Å². The number of fused-ring (bicyclic) bond motifs is 1. The highest BCUT2D eigenvalue weighted by atomic mass is 35.5. The fourth-order valence-electron chi connectivity index (χ4n) is 1.22. The molecular weight excluding hydrogens is 216 g/mol. The van der Waals surface area contributed by atoms with Crippen molar-refractivity contribution in [3.05, 3.63) is 35.1 Å². The molecule has 0 radical (unpaired) electrons. The van der Waals surface area contributed by atoms with Crippen molar-refractivity contribution < 1.29 is 9.53 Å². The zero-order valence-corrected chi connectivity index (χ0v) is 8.65. The van der Waals surface area contributed by atoms with Gasteiger partial charge in [0.25, 0.3) is 0 Å². The van der Waals surface area contributed by atoms with Crippen LogP contribution in [0.2, 0.25) is 5.15 Å². The first-order chi connectivity index (χ1) is 7.20. The number of esters is 1. The van der Waals surface area contributed by atoms with Crippen LogP contribution in [0.3, 0.4) is 0 Å². The summed E-state index contributed by atoms with van der Waals surface area (Å²) in [5.74, 6) is -0.417. The second kappa shape index (κ2) is 3.82. The molecule has 0 N–H and O–H groups in total. The Morgan fingerprint density at radius 2 is 2.27 bits per heavy atom. The minimum absolute atomic E-state index is 0.376. The van der Waals surface area contributed by atoms with Crippen LogP contribution in [0.5, 0.6) is 0 Å². The average Bonchev–Trinajstić information content (AvgIpc) is 2.27. The zero-order chi connectivity index (χ0) is 10.8. The van der Waals surface area contributed by atoms with Crippen molar-refractivity contribution in [2.75, 3.05) is 7.11 Å². The van der Waals surface area contributed by atoms with E-state index >= 15 is 0 Å². The summed E-state index contributed by atoms with van der Waals surface area (Å²) >= 11 is 5.71. The number of nitrogens with zero attached hydrogens (tertiary/aromatic N) is 2. The highest BCUT2D eigenvalue weighted by Crippen LogP contribution is 2.14. The lowest BCUT2D eigenvalue weighted by molar-refractivity contribution is 0.0600. The van der Waals surface area contributed by atoms with Crippen LogP contribution in [-0.4, -0.2) is 23.0 Å². The third-order valence-electron chi connectivity index (χ3n) is 1.93. The molecule has 0 bridgehead atoms. The molecule has 15 heavy (non-hydrogen) atoms. The molecule has 0 spiro atoms. The molecule has 0 aromatic carbocycles. The fraction of sp³-hybridized carbons (Fsp3) is 0.100. The van der Waals surface area contributed by atoms with Crippen LogP contribution in [0.1, 0.15) is 10.4 Å². The van der Waals surface area contributed by atoms with Gasteiger partial charge in [-0.3, -0.25) is 0 Å². The van der Waals surface area contributed by atoms with Gasteiger partial charge >= 0.3 is 5.97 Å². The lowest BCUT2D eigenvalue weighted by Gasteiger charge is -2.00. The summed E-state index contributed by atoms with van der Waals surface area (Å²) in [5.41, 5.74) is 0.907. The van der Waals surface area contributed by atoms with Crippen LogP contribution in [0.25, 0.3) is 11.0 Å². The summed E-state index contributed by atoms with van der Waals surface area (Å²) in [5, 5.41) is 1.13. The molecule has 0 fully saturated rings. The maximum atomic E-state index is 11.2. The molecule has 4 nitrogen and oxygen atoms in total. The molecule has 5 heteroatoms. The Morgan fingerprint density at radius 3 is 3.00 bits per heavy atom. The second-order valence-electron chi connectivity index (χ2n) is 2.90. The Balaban J connectivity index is 2.57. The SMILES string of the molecule is COC(=O)c1cnc2nc(Cl)ccc2c1. The quantitative estimate of drug-likeness (QED) is 0.548. The molecule has 0 amide bonds. The Labute approximate surface area is 90.9 Å². The molecule has 0 saturated heterocycles. The van der Waals surface area contributed by atoms with E-state index in [2.05, 4.69) is 14.7 Å². The van der Waals surface area contributed by atoms with Gasteiger partial charge in [-0.05, 0) is 18.2 Å². The number of carbonyl (C=O) groups excluding carboxylic acids is 1. The first-order valence-electron chi connectivity index (χ1n) is 4.21. The van der Waals surface area contributed by atoms with E-state index in [-0.39, 0.29) is 0 Å². The fourth-order valence-corrected chi connectivity index (χ4v) is 1.36. The van der Waals surface area contributed by atoms with Crippen LogP contribution in [0.4, 0.5) is 0 Å². The zero-order valence-electron chi connectivity index (χ0n) is 7.90. The van der Waals surface area contributed by atoms with Gasteiger partial charge in [-0.2, -0.15) is 0 Å². The van der Waals surface area contributed by atoms with E-state index in [1.807, 2.05) is 0 Å². The van der Waals surface area contributed by atoms with E-state index in [1.165, 1.54) is 13.3 Å². The molecule has 0 aliphatic carbocycles. The van der Waals surface area contributed by atoms with Gasteiger partial charge in [0.1, 0.15) is 5.15 Å². The van der Waals surface area contributed by atoms with Gasteiger partial charge in [-0.25, -0.2) is 14.8 Å². The van der Waals surface area contributed by atoms with E-state index in [0.717, 1.165) is 5.39 Å². The minimum atomic E-state index is -0.417. The molecule has 0 aliphatic heterocycles. The molecule has 2 aromatic rings. The second-order valence-corrected chi connectivity index (χ2v) is 3.28. The molecule has 2 aromatic heterocycles. The summed E-state index contributed by atoms with van der Waals surface area (Å²) in [6.45, 7) is 0. The third-order valence-corrected chi connectivity index (χ3v) is 2.14. The van der Waals surface area contributed by atoms with Gasteiger partial charge in [0.15, 0.2) is 5.65 Å². The van der Waals surface area contributed by atoms with Crippen LogP contribution in [0.15, 0.2) is 24.4 Å². The van der Waals surface area contributed by atoms with E-state index in [0.29, 0.717) is 16.4 Å².